The van der Waals surface area contributed by atoms with Gasteiger partial charge in [-0.3, -0.25) is 5.32 Å². The Labute approximate surface area is 159 Å². The molecule has 0 spiro atoms. The minimum atomic E-state index is -0.649. The molecule has 0 saturated heterocycles. The molecule has 1 amide bonds. The van der Waals surface area contributed by atoms with Crippen LogP contribution in [0.4, 0.5) is 21.0 Å². The maximum Gasteiger partial charge on any atom is 0.413 e. The minimum absolute atomic E-state index is 0.154. The van der Waals surface area contributed by atoms with E-state index in [1.54, 1.807) is 45.3 Å². The van der Waals surface area contributed by atoms with Crippen molar-refractivity contribution in [3.63, 3.8) is 0 Å². The van der Waals surface area contributed by atoms with Crippen molar-refractivity contribution >= 4 is 29.2 Å². The summed E-state index contributed by atoms with van der Waals surface area (Å²) < 4.78 is 18.6. The summed E-state index contributed by atoms with van der Waals surface area (Å²) in [6.07, 6.45) is 2.47. The lowest BCUT2D eigenvalue weighted by Crippen LogP contribution is -2.27. The zero-order chi connectivity index (χ0) is 19.6. The highest BCUT2D eigenvalue weighted by Crippen LogP contribution is 2.38. The number of rotatable bonds is 3. The highest BCUT2D eigenvalue weighted by Gasteiger charge is 2.21. The first-order chi connectivity index (χ1) is 12.7. The standard InChI is InChI=1S/C18H18FN5O2S/c1-18(2,3)26-17(25)24-14-13(10-4-6-12(19)7-5-10)27-15(23-14)11-8-21-16(20)22-9-11/h4-9H,1-3H3,(H,24,25)(H2,20,21,22). The molecule has 3 N–H and O–H groups in total. The van der Waals surface area contributed by atoms with Gasteiger partial charge in [-0.05, 0) is 38.5 Å². The van der Waals surface area contributed by atoms with Crippen molar-refractivity contribution in [1.82, 2.24) is 15.0 Å². The number of halogens is 1. The van der Waals surface area contributed by atoms with Crippen molar-refractivity contribution in [3.05, 3.63) is 42.5 Å². The van der Waals surface area contributed by atoms with Gasteiger partial charge >= 0.3 is 6.09 Å². The fourth-order valence-electron chi connectivity index (χ4n) is 2.17. The van der Waals surface area contributed by atoms with Crippen LogP contribution in [0.3, 0.4) is 0 Å². The van der Waals surface area contributed by atoms with Crippen LogP contribution in [0.5, 0.6) is 0 Å². The van der Waals surface area contributed by atoms with Gasteiger partial charge in [0.05, 0.1) is 4.88 Å². The lowest BCUT2D eigenvalue weighted by atomic mass is 10.2. The van der Waals surface area contributed by atoms with E-state index < -0.39 is 11.7 Å². The smallest absolute Gasteiger partial charge is 0.413 e. The Morgan fingerprint density at radius 1 is 1.15 bits per heavy atom. The number of nitrogen functional groups attached to an aromatic ring is 1. The third-order valence-electron chi connectivity index (χ3n) is 3.27. The Kier molecular flexibility index (Phi) is 5.04. The number of hydrogen-bond acceptors (Lipinski definition) is 7. The molecule has 3 aromatic rings. The molecule has 0 unspecified atom stereocenters. The van der Waals surface area contributed by atoms with Gasteiger partial charge in [-0.2, -0.15) is 0 Å². The summed E-state index contributed by atoms with van der Waals surface area (Å²) in [6, 6.07) is 5.93. The number of nitrogens with zero attached hydrogens (tertiary/aromatic N) is 3. The summed E-state index contributed by atoms with van der Waals surface area (Å²) in [4.78, 5) is 25.2. The van der Waals surface area contributed by atoms with Gasteiger partial charge in [0.25, 0.3) is 0 Å². The molecule has 7 nitrogen and oxygen atoms in total. The highest BCUT2D eigenvalue weighted by atomic mass is 32.1. The molecule has 1 aromatic carbocycles. The lowest BCUT2D eigenvalue weighted by Gasteiger charge is -2.19. The van der Waals surface area contributed by atoms with Crippen LogP contribution >= 0.6 is 11.3 Å². The van der Waals surface area contributed by atoms with Crippen molar-refractivity contribution in [1.29, 1.82) is 0 Å². The number of carbonyl (C=O) groups is 1. The van der Waals surface area contributed by atoms with Crippen LogP contribution in [0.1, 0.15) is 20.8 Å². The van der Waals surface area contributed by atoms with Crippen LogP contribution in [0.2, 0.25) is 0 Å². The zero-order valence-electron chi connectivity index (χ0n) is 15.0. The van der Waals surface area contributed by atoms with Crippen molar-refractivity contribution in [3.8, 4) is 21.0 Å². The number of carbonyl (C=O) groups excluding carboxylic acids is 1. The monoisotopic (exact) mass is 387 g/mol. The Morgan fingerprint density at radius 3 is 2.37 bits per heavy atom. The maximum atomic E-state index is 13.3. The predicted molar refractivity (Wildman–Crippen MR) is 103 cm³/mol. The number of amides is 1. The number of aromatic nitrogens is 3. The number of hydrogen-bond donors (Lipinski definition) is 2. The summed E-state index contributed by atoms with van der Waals surface area (Å²) in [6.45, 7) is 5.31. The van der Waals surface area contributed by atoms with E-state index in [1.165, 1.54) is 23.5 Å². The topological polar surface area (TPSA) is 103 Å². The van der Waals surface area contributed by atoms with E-state index in [4.69, 9.17) is 10.5 Å². The van der Waals surface area contributed by atoms with Crippen molar-refractivity contribution in [2.45, 2.75) is 26.4 Å². The molecule has 0 atom stereocenters. The average molecular weight is 387 g/mol. The van der Waals surface area contributed by atoms with E-state index in [9.17, 15) is 9.18 Å². The number of nitrogens with two attached hydrogens (primary N) is 1. The van der Waals surface area contributed by atoms with Gasteiger partial charge in [0.2, 0.25) is 5.95 Å². The Morgan fingerprint density at radius 2 is 1.78 bits per heavy atom. The zero-order valence-corrected chi connectivity index (χ0v) is 15.8. The first-order valence-electron chi connectivity index (χ1n) is 8.06. The summed E-state index contributed by atoms with van der Waals surface area (Å²) in [7, 11) is 0. The van der Waals surface area contributed by atoms with Gasteiger partial charge in [0.15, 0.2) is 5.82 Å². The molecule has 3 rings (SSSR count). The number of anilines is 2. The first-order valence-corrected chi connectivity index (χ1v) is 8.87. The molecule has 27 heavy (non-hydrogen) atoms. The van der Waals surface area contributed by atoms with E-state index in [0.29, 0.717) is 26.8 Å². The van der Waals surface area contributed by atoms with E-state index >= 15 is 0 Å². The second kappa shape index (κ2) is 7.28. The van der Waals surface area contributed by atoms with Gasteiger partial charge in [-0.15, -0.1) is 11.3 Å². The summed E-state index contributed by atoms with van der Waals surface area (Å²) in [5.41, 5.74) is 6.23. The van der Waals surface area contributed by atoms with Gasteiger partial charge in [-0.25, -0.2) is 24.1 Å². The quantitative estimate of drug-likeness (QED) is 0.693. The van der Waals surface area contributed by atoms with Crippen LogP contribution in [0.15, 0.2) is 36.7 Å². The van der Waals surface area contributed by atoms with E-state index in [0.717, 1.165) is 0 Å². The lowest BCUT2D eigenvalue weighted by molar-refractivity contribution is 0.0635. The third-order valence-corrected chi connectivity index (χ3v) is 4.43. The molecule has 0 aliphatic carbocycles. The molecule has 0 bridgehead atoms. The largest absolute Gasteiger partial charge is 0.444 e. The summed E-state index contributed by atoms with van der Waals surface area (Å²) in [5.74, 6) is 0.117. The second-order valence-electron chi connectivity index (χ2n) is 6.66. The number of ether oxygens (including phenoxy) is 1. The van der Waals surface area contributed by atoms with Crippen LogP contribution < -0.4 is 11.1 Å². The van der Waals surface area contributed by atoms with E-state index in [-0.39, 0.29) is 11.8 Å². The Balaban J connectivity index is 1.99. The molecule has 2 heterocycles. The summed E-state index contributed by atoms with van der Waals surface area (Å²) >= 11 is 1.31. The second-order valence-corrected chi connectivity index (χ2v) is 7.66. The Bertz CT molecular complexity index is 949. The van der Waals surface area contributed by atoms with E-state index in [2.05, 4.69) is 20.3 Å². The SMILES string of the molecule is CC(C)(C)OC(=O)Nc1nc(-c2cnc(N)nc2)sc1-c1ccc(F)cc1. The van der Waals surface area contributed by atoms with Crippen LogP contribution in [0.25, 0.3) is 21.0 Å². The normalized spacial score (nSPS) is 11.3. The molecular formula is C18H18FN5O2S. The van der Waals surface area contributed by atoms with Gasteiger partial charge in [-0.1, -0.05) is 12.1 Å². The van der Waals surface area contributed by atoms with Crippen LogP contribution in [-0.2, 0) is 4.74 Å². The highest BCUT2D eigenvalue weighted by molar-refractivity contribution is 7.19. The molecule has 0 fully saturated rings. The van der Waals surface area contributed by atoms with E-state index in [1.807, 2.05) is 0 Å². The molecule has 0 radical (unpaired) electrons. The number of thiazole rings is 1. The van der Waals surface area contributed by atoms with Gasteiger partial charge in [0, 0.05) is 18.0 Å². The van der Waals surface area contributed by atoms with Gasteiger partial charge < -0.3 is 10.5 Å². The molecule has 0 aliphatic heterocycles. The molecule has 0 saturated carbocycles. The van der Waals surface area contributed by atoms with Crippen molar-refractivity contribution in [2.24, 2.45) is 0 Å². The summed E-state index contributed by atoms with van der Waals surface area (Å²) in [5, 5.41) is 3.24. The first kappa shape index (κ1) is 18.7. The fraction of sp³-hybridized carbons (Fsp3) is 0.222. The molecule has 0 aliphatic rings. The Hall–Kier alpha value is -3.07. The number of nitrogens with one attached hydrogen (secondary N) is 1. The minimum Gasteiger partial charge on any atom is -0.444 e. The predicted octanol–water partition coefficient (Wildman–Crippen LogP) is 4.34. The fourth-order valence-corrected chi connectivity index (χ4v) is 3.17. The molecule has 2 aromatic heterocycles. The van der Waals surface area contributed by atoms with Crippen molar-refractivity contribution < 1.29 is 13.9 Å². The third kappa shape index (κ3) is 4.76. The molecule has 9 heteroatoms. The van der Waals surface area contributed by atoms with Crippen LogP contribution in [-0.4, -0.2) is 26.6 Å². The average Bonchev–Trinajstić information content (AvgIpc) is 2.98. The van der Waals surface area contributed by atoms with Crippen molar-refractivity contribution in [2.75, 3.05) is 11.1 Å². The van der Waals surface area contributed by atoms with Crippen LogP contribution in [0, 0.1) is 5.82 Å². The number of benzene rings is 1. The van der Waals surface area contributed by atoms with Gasteiger partial charge in [0.1, 0.15) is 16.4 Å². The molecule has 140 valence electrons. The molecular weight excluding hydrogens is 369 g/mol. The maximum absolute atomic E-state index is 13.3.